The molecule has 0 bridgehead atoms. The molecule has 20 heavy (non-hydrogen) atoms. The fraction of sp³-hybridized carbons (Fsp3) is 0.462. The molecule has 1 unspecified atom stereocenters. The summed E-state index contributed by atoms with van der Waals surface area (Å²) in [5.74, 6) is 0.973. The zero-order valence-corrected chi connectivity index (χ0v) is 12.0. The first-order valence-corrected chi connectivity index (χ1v) is 7.38. The molecule has 3 rings (SSSR count). The minimum atomic E-state index is -0.191. The van der Waals surface area contributed by atoms with Crippen LogP contribution in [-0.4, -0.2) is 40.5 Å². The number of anilines is 1. The summed E-state index contributed by atoms with van der Waals surface area (Å²) in [5, 5.41) is 2.84. The van der Waals surface area contributed by atoms with Crippen molar-refractivity contribution in [3.63, 3.8) is 0 Å². The molecule has 2 N–H and O–H groups in total. The van der Waals surface area contributed by atoms with Gasteiger partial charge in [-0.1, -0.05) is 0 Å². The first-order chi connectivity index (χ1) is 9.69. The monoisotopic (exact) mass is 292 g/mol. The van der Waals surface area contributed by atoms with Gasteiger partial charge in [-0.25, -0.2) is 9.97 Å². The number of carbonyl (C=O) groups is 1. The number of esters is 1. The normalized spacial score (nSPS) is 19.6. The second-order valence-electron chi connectivity index (χ2n) is 4.82. The first-order valence-electron chi connectivity index (χ1n) is 6.50. The highest BCUT2D eigenvalue weighted by molar-refractivity contribution is 7.16. The Bertz CT molecular complexity index is 642. The number of thiophene rings is 1. The fourth-order valence-electron chi connectivity index (χ4n) is 2.59. The van der Waals surface area contributed by atoms with Crippen LogP contribution in [0.3, 0.4) is 0 Å². The van der Waals surface area contributed by atoms with E-state index in [-0.39, 0.29) is 12.0 Å². The molecule has 2 aromatic heterocycles. The fourth-order valence-corrected chi connectivity index (χ4v) is 3.39. The van der Waals surface area contributed by atoms with E-state index in [1.54, 1.807) is 11.3 Å². The van der Waals surface area contributed by atoms with Crippen molar-refractivity contribution in [1.29, 1.82) is 0 Å². The van der Waals surface area contributed by atoms with Crippen LogP contribution in [0.1, 0.15) is 18.7 Å². The smallest absolute Gasteiger partial charge is 0.323 e. The van der Waals surface area contributed by atoms with E-state index in [9.17, 15) is 4.79 Å². The van der Waals surface area contributed by atoms with Gasteiger partial charge in [-0.15, -0.1) is 11.3 Å². The zero-order chi connectivity index (χ0) is 14.1. The van der Waals surface area contributed by atoms with Crippen LogP contribution in [0.4, 0.5) is 5.82 Å². The van der Waals surface area contributed by atoms with E-state index in [0.717, 1.165) is 29.6 Å². The Balaban J connectivity index is 1.83. The van der Waals surface area contributed by atoms with Gasteiger partial charge in [0.1, 0.15) is 22.5 Å². The van der Waals surface area contributed by atoms with Crippen LogP contribution in [0, 0.1) is 0 Å². The van der Waals surface area contributed by atoms with Crippen LogP contribution < -0.4 is 5.73 Å². The highest BCUT2D eigenvalue weighted by Crippen LogP contribution is 2.25. The highest BCUT2D eigenvalue weighted by Gasteiger charge is 2.32. The predicted octanol–water partition coefficient (Wildman–Crippen LogP) is 1.41. The van der Waals surface area contributed by atoms with E-state index in [0.29, 0.717) is 18.2 Å². The number of ether oxygens (including phenoxy) is 1. The Morgan fingerprint density at radius 1 is 1.60 bits per heavy atom. The van der Waals surface area contributed by atoms with Gasteiger partial charge in [0.25, 0.3) is 0 Å². The van der Waals surface area contributed by atoms with Crippen LogP contribution in [0.5, 0.6) is 0 Å². The van der Waals surface area contributed by atoms with Crippen LogP contribution >= 0.6 is 11.3 Å². The Morgan fingerprint density at radius 2 is 2.45 bits per heavy atom. The van der Waals surface area contributed by atoms with Crippen LogP contribution in [0.25, 0.3) is 10.2 Å². The number of fused-ring (bicyclic) bond motifs is 1. The third-order valence-electron chi connectivity index (χ3n) is 3.58. The molecule has 1 saturated heterocycles. The highest BCUT2D eigenvalue weighted by atomic mass is 32.1. The molecule has 3 heterocycles. The van der Waals surface area contributed by atoms with Gasteiger partial charge in [-0.05, 0) is 30.8 Å². The number of likely N-dealkylation sites (tertiary alicyclic amines) is 1. The number of hydrogen-bond acceptors (Lipinski definition) is 7. The molecule has 106 valence electrons. The SMILES string of the molecule is COC(=O)C1CCCN1Cc1nc(N)c2ccsc2n1. The molecule has 1 atom stereocenters. The number of nitrogen functional groups attached to an aromatic ring is 1. The quantitative estimate of drug-likeness (QED) is 0.861. The van der Waals surface area contributed by atoms with E-state index in [4.69, 9.17) is 10.5 Å². The lowest BCUT2D eigenvalue weighted by molar-refractivity contribution is -0.146. The largest absolute Gasteiger partial charge is 0.468 e. The van der Waals surface area contributed by atoms with E-state index in [1.807, 2.05) is 11.4 Å². The summed E-state index contributed by atoms with van der Waals surface area (Å²) < 4.78 is 4.84. The van der Waals surface area contributed by atoms with Crippen molar-refractivity contribution in [3.05, 3.63) is 17.3 Å². The van der Waals surface area contributed by atoms with Crippen molar-refractivity contribution >= 4 is 33.3 Å². The van der Waals surface area contributed by atoms with Gasteiger partial charge >= 0.3 is 5.97 Å². The summed E-state index contributed by atoms with van der Waals surface area (Å²) in [4.78, 5) is 23.5. The summed E-state index contributed by atoms with van der Waals surface area (Å²) in [6.07, 6.45) is 1.81. The predicted molar refractivity (Wildman–Crippen MR) is 77.3 cm³/mol. The van der Waals surface area contributed by atoms with E-state index in [1.165, 1.54) is 7.11 Å². The molecule has 1 aliphatic rings. The molecular weight excluding hydrogens is 276 g/mol. The number of nitrogens with two attached hydrogens (primary N) is 1. The molecule has 1 fully saturated rings. The molecule has 0 radical (unpaired) electrons. The Morgan fingerprint density at radius 3 is 3.25 bits per heavy atom. The average Bonchev–Trinajstić information content (AvgIpc) is 3.07. The van der Waals surface area contributed by atoms with Gasteiger partial charge in [0.05, 0.1) is 19.0 Å². The Hall–Kier alpha value is -1.73. The maximum atomic E-state index is 11.7. The van der Waals surface area contributed by atoms with Crippen molar-refractivity contribution in [2.24, 2.45) is 0 Å². The Kier molecular flexibility index (Phi) is 3.54. The number of aromatic nitrogens is 2. The van der Waals surface area contributed by atoms with Crippen LogP contribution in [0.15, 0.2) is 11.4 Å². The van der Waals surface area contributed by atoms with Crippen molar-refractivity contribution in [2.75, 3.05) is 19.4 Å². The summed E-state index contributed by atoms with van der Waals surface area (Å²) in [6, 6.07) is 1.73. The lowest BCUT2D eigenvalue weighted by Crippen LogP contribution is -2.36. The molecule has 0 aromatic carbocycles. The lowest BCUT2D eigenvalue weighted by atomic mass is 10.2. The van der Waals surface area contributed by atoms with E-state index >= 15 is 0 Å². The standard InChI is InChI=1S/C13H16N4O2S/c1-19-13(18)9-3-2-5-17(9)7-10-15-11(14)8-4-6-20-12(8)16-10/h4,6,9H,2-3,5,7H2,1H3,(H2,14,15,16). The molecule has 0 aliphatic carbocycles. The number of carbonyl (C=O) groups excluding carboxylic acids is 1. The molecule has 0 saturated carbocycles. The minimum Gasteiger partial charge on any atom is -0.468 e. The van der Waals surface area contributed by atoms with Crippen molar-refractivity contribution in [3.8, 4) is 0 Å². The number of methoxy groups -OCH3 is 1. The summed E-state index contributed by atoms with van der Waals surface area (Å²) in [7, 11) is 1.42. The topological polar surface area (TPSA) is 81.3 Å². The van der Waals surface area contributed by atoms with Gasteiger partial charge in [-0.3, -0.25) is 9.69 Å². The molecule has 0 amide bonds. The molecule has 7 heteroatoms. The molecule has 2 aromatic rings. The lowest BCUT2D eigenvalue weighted by Gasteiger charge is -2.21. The summed E-state index contributed by atoms with van der Waals surface area (Å²) in [5.41, 5.74) is 5.94. The van der Waals surface area contributed by atoms with Crippen molar-refractivity contribution in [1.82, 2.24) is 14.9 Å². The number of hydrogen-bond donors (Lipinski definition) is 1. The second kappa shape index (κ2) is 5.34. The maximum absolute atomic E-state index is 11.7. The van der Waals surface area contributed by atoms with Crippen LogP contribution in [-0.2, 0) is 16.1 Å². The van der Waals surface area contributed by atoms with Gasteiger partial charge in [0.2, 0.25) is 0 Å². The first kappa shape index (κ1) is 13.3. The third-order valence-corrected chi connectivity index (χ3v) is 4.39. The summed E-state index contributed by atoms with van der Waals surface area (Å²) >= 11 is 1.54. The maximum Gasteiger partial charge on any atom is 0.323 e. The van der Waals surface area contributed by atoms with Gasteiger partial charge < -0.3 is 10.5 Å². The van der Waals surface area contributed by atoms with Crippen molar-refractivity contribution in [2.45, 2.75) is 25.4 Å². The number of rotatable bonds is 3. The van der Waals surface area contributed by atoms with Gasteiger partial charge in [0, 0.05) is 0 Å². The number of nitrogens with zero attached hydrogens (tertiary/aromatic N) is 3. The van der Waals surface area contributed by atoms with E-state index < -0.39 is 0 Å². The molecular formula is C13H16N4O2S. The minimum absolute atomic E-state index is 0.187. The third kappa shape index (κ3) is 2.34. The van der Waals surface area contributed by atoms with Crippen molar-refractivity contribution < 1.29 is 9.53 Å². The second-order valence-corrected chi connectivity index (χ2v) is 5.71. The molecule has 1 aliphatic heterocycles. The van der Waals surface area contributed by atoms with Crippen LogP contribution in [0.2, 0.25) is 0 Å². The van der Waals surface area contributed by atoms with E-state index in [2.05, 4.69) is 14.9 Å². The summed E-state index contributed by atoms with van der Waals surface area (Å²) in [6.45, 7) is 1.38. The molecule has 6 nitrogen and oxygen atoms in total. The molecule has 0 spiro atoms. The average molecular weight is 292 g/mol. The zero-order valence-electron chi connectivity index (χ0n) is 11.2. The Labute approximate surface area is 120 Å². The van der Waals surface area contributed by atoms with Gasteiger partial charge in [-0.2, -0.15) is 0 Å². The van der Waals surface area contributed by atoms with Gasteiger partial charge in [0.15, 0.2) is 0 Å².